The summed E-state index contributed by atoms with van der Waals surface area (Å²) in [6.07, 6.45) is 5.04. The highest BCUT2D eigenvalue weighted by atomic mass is 32.1. The monoisotopic (exact) mass is 285 g/mol. The van der Waals surface area contributed by atoms with Crippen molar-refractivity contribution in [1.82, 2.24) is 9.80 Å². The summed E-state index contributed by atoms with van der Waals surface area (Å²) in [7, 11) is 1.82. The molecule has 5 heteroatoms. The molecule has 1 saturated heterocycles. The molecule has 0 aromatic rings. The summed E-state index contributed by atoms with van der Waals surface area (Å²) < 4.78 is 0. The van der Waals surface area contributed by atoms with Crippen molar-refractivity contribution in [3.05, 3.63) is 0 Å². The number of carbonyl (C=O) groups excluding carboxylic acids is 1. The molecule has 0 aliphatic carbocycles. The van der Waals surface area contributed by atoms with Crippen molar-refractivity contribution in [2.75, 3.05) is 33.2 Å². The predicted octanol–water partition coefficient (Wildman–Crippen LogP) is 1.63. The summed E-state index contributed by atoms with van der Waals surface area (Å²) in [6, 6.07) is 0. The normalized spacial score (nSPS) is 20.8. The smallest absolute Gasteiger partial charge is 0.223 e. The molecule has 1 aliphatic heterocycles. The second-order valence-corrected chi connectivity index (χ2v) is 6.18. The third-order valence-electron chi connectivity index (χ3n) is 3.87. The molecule has 1 fully saturated rings. The minimum Gasteiger partial charge on any atom is -0.393 e. The summed E-state index contributed by atoms with van der Waals surface area (Å²) in [5, 5.41) is 0. The van der Waals surface area contributed by atoms with Crippen LogP contribution in [0.2, 0.25) is 0 Å². The lowest BCUT2D eigenvalue weighted by Gasteiger charge is -2.22. The molecule has 1 unspecified atom stereocenters. The van der Waals surface area contributed by atoms with Crippen LogP contribution in [-0.4, -0.2) is 53.9 Å². The third-order valence-corrected chi connectivity index (χ3v) is 4.07. The number of thiocarbonyl (C=S) groups is 1. The van der Waals surface area contributed by atoms with Gasteiger partial charge in [0.05, 0.1) is 4.99 Å². The van der Waals surface area contributed by atoms with Crippen molar-refractivity contribution in [1.29, 1.82) is 0 Å². The van der Waals surface area contributed by atoms with E-state index in [2.05, 4.69) is 11.8 Å². The van der Waals surface area contributed by atoms with Gasteiger partial charge in [-0.05, 0) is 38.3 Å². The van der Waals surface area contributed by atoms with Crippen LogP contribution in [0, 0.1) is 5.92 Å². The Hall–Kier alpha value is -0.680. The molecular weight excluding hydrogens is 258 g/mol. The maximum Gasteiger partial charge on any atom is 0.223 e. The zero-order valence-electron chi connectivity index (χ0n) is 12.2. The number of nitrogens with two attached hydrogens (primary N) is 1. The fourth-order valence-corrected chi connectivity index (χ4v) is 2.48. The highest BCUT2D eigenvalue weighted by Gasteiger charge is 2.15. The number of amides is 1. The Morgan fingerprint density at radius 3 is 2.79 bits per heavy atom. The Labute approximate surface area is 122 Å². The number of nitrogens with zero attached hydrogens (tertiary/aromatic N) is 2. The summed E-state index contributed by atoms with van der Waals surface area (Å²) >= 11 is 4.83. The lowest BCUT2D eigenvalue weighted by molar-refractivity contribution is -0.130. The van der Waals surface area contributed by atoms with Crippen molar-refractivity contribution in [2.45, 2.75) is 39.0 Å². The summed E-state index contributed by atoms with van der Waals surface area (Å²) in [5.41, 5.74) is 5.45. The van der Waals surface area contributed by atoms with E-state index in [9.17, 15) is 4.79 Å². The number of likely N-dealkylation sites (tertiary alicyclic amines) is 1. The van der Waals surface area contributed by atoms with E-state index < -0.39 is 0 Å². The van der Waals surface area contributed by atoms with Gasteiger partial charge >= 0.3 is 0 Å². The molecule has 1 aliphatic rings. The fraction of sp³-hybridized carbons (Fsp3) is 0.857. The average Bonchev–Trinajstić information content (AvgIpc) is 2.57. The van der Waals surface area contributed by atoms with Gasteiger partial charge in [-0.3, -0.25) is 4.79 Å². The predicted molar refractivity (Wildman–Crippen MR) is 83.1 cm³/mol. The maximum absolute atomic E-state index is 12.0. The van der Waals surface area contributed by atoms with E-state index in [1.54, 1.807) is 4.90 Å². The summed E-state index contributed by atoms with van der Waals surface area (Å²) in [6.45, 7) is 6.09. The van der Waals surface area contributed by atoms with Crippen LogP contribution in [0.5, 0.6) is 0 Å². The van der Waals surface area contributed by atoms with Crippen molar-refractivity contribution in [3.63, 3.8) is 0 Å². The van der Waals surface area contributed by atoms with Crippen LogP contribution in [-0.2, 0) is 4.79 Å². The molecule has 0 aromatic carbocycles. The van der Waals surface area contributed by atoms with E-state index >= 15 is 0 Å². The Bertz CT molecular complexity index is 309. The molecule has 0 radical (unpaired) electrons. The Balaban J connectivity index is 2.23. The number of hydrogen-bond donors (Lipinski definition) is 1. The van der Waals surface area contributed by atoms with Crippen molar-refractivity contribution in [3.8, 4) is 0 Å². The molecule has 1 atom stereocenters. The molecule has 110 valence electrons. The van der Waals surface area contributed by atoms with Gasteiger partial charge in [0.25, 0.3) is 0 Å². The highest BCUT2D eigenvalue weighted by molar-refractivity contribution is 7.80. The quantitative estimate of drug-likeness (QED) is 0.754. The van der Waals surface area contributed by atoms with Gasteiger partial charge in [-0.25, -0.2) is 0 Å². The second kappa shape index (κ2) is 8.48. The summed E-state index contributed by atoms with van der Waals surface area (Å²) in [4.78, 5) is 16.6. The van der Waals surface area contributed by atoms with Crippen molar-refractivity contribution < 1.29 is 4.79 Å². The molecule has 0 aromatic heterocycles. The summed E-state index contributed by atoms with van der Waals surface area (Å²) in [5.74, 6) is 1.02. The average molecular weight is 285 g/mol. The Morgan fingerprint density at radius 2 is 2.11 bits per heavy atom. The van der Waals surface area contributed by atoms with Crippen LogP contribution in [0.25, 0.3) is 0 Å². The van der Waals surface area contributed by atoms with Crippen LogP contribution in [0.15, 0.2) is 0 Å². The zero-order valence-corrected chi connectivity index (χ0v) is 13.0. The minimum absolute atomic E-state index is 0.188. The van der Waals surface area contributed by atoms with E-state index in [1.807, 2.05) is 7.05 Å². The van der Waals surface area contributed by atoms with Crippen LogP contribution in [0.4, 0.5) is 0 Å². The molecule has 19 heavy (non-hydrogen) atoms. The first-order valence-electron chi connectivity index (χ1n) is 7.23. The maximum atomic E-state index is 12.0. The van der Waals surface area contributed by atoms with Gasteiger partial charge in [-0.1, -0.05) is 19.1 Å². The lowest BCUT2D eigenvalue weighted by Crippen LogP contribution is -2.34. The third kappa shape index (κ3) is 6.87. The van der Waals surface area contributed by atoms with Gasteiger partial charge < -0.3 is 15.5 Å². The first kappa shape index (κ1) is 16.4. The van der Waals surface area contributed by atoms with E-state index in [1.165, 1.54) is 19.3 Å². The van der Waals surface area contributed by atoms with E-state index in [0.717, 1.165) is 25.6 Å². The largest absolute Gasteiger partial charge is 0.393 e. The SMILES string of the molecule is CC1CCCN(CCC(=O)N(C)CCC(N)=S)CC1. The number of rotatable bonds is 6. The van der Waals surface area contributed by atoms with Gasteiger partial charge in [0.2, 0.25) is 5.91 Å². The van der Waals surface area contributed by atoms with Crippen molar-refractivity contribution >= 4 is 23.1 Å². The molecule has 2 N–H and O–H groups in total. The van der Waals surface area contributed by atoms with E-state index in [-0.39, 0.29) is 5.91 Å². The molecule has 1 heterocycles. The lowest BCUT2D eigenvalue weighted by atomic mass is 10.0. The van der Waals surface area contributed by atoms with Crippen molar-refractivity contribution in [2.24, 2.45) is 11.7 Å². The zero-order chi connectivity index (χ0) is 14.3. The van der Waals surface area contributed by atoms with Crippen LogP contribution >= 0.6 is 12.2 Å². The van der Waals surface area contributed by atoms with E-state index in [4.69, 9.17) is 18.0 Å². The molecule has 4 nitrogen and oxygen atoms in total. The topological polar surface area (TPSA) is 49.6 Å². The fourth-order valence-electron chi connectivity index (χ4n) is 2.39. The number of carbonyl (C=O) groups is 1. The number of hydrogen-bond acceptors (Lipinski definition) is 3. The Morgan fingerprint density at radius 1 is 1.37 bits per heavy atom. The minimum atomic E-state index is 0.188. The van der Waals surface area contributed by atoms with E-state index in [0.29, 0.717) is 24.4 Å². The van der Waals surface area contributed by atoms with Gasteiger partial charge in [-0.15, -0.1) is 0 Å². The second-order valence-electron chi connectivity index (χ2n) is 5.66. The van der Waals surface area contributed by atoms with Gasteiger partial charge in [-0.2, -0.15) is 0 Å². The van der Waals surface area contributed by atoms with Crippen LogP contribution in [0.3, 0.4) is 0 Å². The first-order valence-corrected chi connectivity index (χ1v) is 7.64. The molecular formula is C14H27N3OS. The van der Waals surface area contributed by atoms with Gasteiger partial charge in [0.1, 0.15) is 0 Å². The van der Waals surface area contributed by atoms with Crippen LogP contribution < -0.4 is 5.73 Å². The van der Waals surface area contributed by atoms with Gasteiger partial charge in [0.15, 0.2) is 0 Å². The highest BCUT2D eigenvalue weighted by Crippen LogP contribution is 2.16. The molecule has 1 rings (SSSR count). The standard InChI is InChI=1S/C14H27N3OS/c1-12-4-3-8-17(10-5-12)11-7-14(18)16(2)9-6-13(15)19/h12H,3-11H2,1-2H3,(H2,15,19). The first-order chi connectivity index (χ1) is 8.99. The molecule has 0 saturated carbocycles. The molecule has 0 spiro atoms. The van der Waals surface area contributed by atoms with Gasteiger partial charge in [0, 0.05) is 33.0 Å². The Kier molecular flexibility index (Phi) is 7.31. The molecule has 0 bridgehead atoms. The molecule has 1 amide bonds. The van der Waals surface area contributed by atoms with Crippen LogP contribution in [0.1, 0.15) is 39.0 Å².